The lowest BCUT2D eigenvalue weighted by atomic mass is 10.2. The van der Waals surface area contributed by atoms with E-state index in [1.807, 2.05) is 37.3 Å². The SMILES string of the molecule is CC[C@@H](N)C(=O)N1CCn2c(nnc2-c2ccccc2)C1. The Kier molecular flexibility index (Phi) is 3.70. The second-order valence-electron chi connectivity index (χ2n) is 5.23. The Balaban J connectivity index is 1.83. The molecule has 2 heterocycles. The summed E-state index contributed by atoms with van der Waals surface area (Å²) >= 11 is 0. The first-order valence-electron chi connectivity index (χ1n) is 7.22. The molecule has 1 aliphatic heterocycles. The fraction of sp³-hybridized carbons (Fsp3) is 0.400. The van der Waals surface area contributed by atoms with Crippen LogP contribution in [0.5, 0.6) is 0 Å². The van der Waals surface area contributed by atoms with E-state index in [1.165, 1.54) is 0 Å². The maximum absolute atomic E-state index is 12.2. The van der Waals surface area contributed by atoms with Crippen molar-refractivity contribution in [3.05, 3.63) is 36.2 Å². The number of nitrogens with two attached hydrogens (primary N) is 1. The van der Waals surface area contributed by atoms with Gasteiger partial charge in [0, 0.05) is 18.7 Å². The molecule has 0 saturated heterocycles. The van der Waals surface area contributed by atoms with Crippen LogP contribution in [0, 0.1) is 0 Å². The average Bonchev–Trinajstić information content (AvgIpc) is 2.97. The highest BCUT2D eigenvalue weighted by Crippen LogP contribution is 2.21. The maximum Gasteiger partial charge on any atom is 0.239 e. The third-order valence-corrected chi connectivity index (χ3v) is 3.85. The highest BCUT2D eigenvalue weighted by Gasteiger charge is 2.27. The Labute approximate surface area is 123 Å². The zero-order chi connectivity index (χ0) is 14.8. The number of carbonyl (C=O) groups is 1. The van der Waals surface area contributed by atoms with Gasteiger partial charge in [0.25, 0.3) is 0 Å². The number of rotatable bonds is 3. The summed E-state index contributed by atoms with van der Waals surface area (Å²) in [6, 6.07) is 9.55. The van der Waals surface area contributed by atoms with Crippen molar-refractivity contribution in [3.63, 3.8) is 0 Å². The smallest absolute Gasteiger partial charge is 0.239 e. The zero-order valence-corrected chi connectivity index (χ0v) is 12.1. The number of benzene rings is 1. The van der Waals surface area contributed by atoms with E-state index in [-0.39, 0.29) is 5.91 Å². The molecule has 2 aromatic rings. The van der Waals surface area contributed by atoms with Crippen molar-refractivity contribution in [2.75, 3.05) is 6.54 Å². The second kappa shape index (κ2) is 5.65. The third kappa shape index (κ3) is 2.54. The van der Waals surface area contributed by atoms with Crippen LogP contribution in [0.3, 0.4) is 0 Å². The molecular weight excluding hydrogens is 266 g/mol. The van der Waals surface area contributed by atoms with Crippen LogP contribution >= 0.6 is 0 Å². The van der Waals surface area contributed by atoms with Crippen LogP contribution in [0.2, 0.25) is 0 Å². The molecule has 6 heteroatoms. The summed E-state index contributed by atoms with van der Waals surface area (Å²) < 4.78 is 2.08. The number of hydrogen-bond donors (Lipinski definition) is 1. The highest BCUT2D eigenvalue weighted by atomic mass is 16.2. The predicted octanol–water partition coefficient (Wildman–Crippen LogP) is 1.02. The molecule has 1 atom stereocenters. The lowest BCUT2D eigenvalue weighted by Crippen LogP contribution is -2.46. The molecule has 2 N–H and O–H groups in total. The molecule has 0 spiro atoms. The quantitative estimate of drug-likeness (QED) is 0.913. The van der Waals surface area contributed by atoms with Crippen molar-refractivity contribution in [2.24, 2.45) is 5.73 Å². The number of carbonyl (C=O) groups excluding carboxylic acids is 1. The van der Waals surface area contributed by atoms with Crippen molar-refractivity contribution >= 4 is 5.91 Å². The van der Waals surface area contributed by atoms with Gasteiger partial charge in [-0.1, -0.05) is 37.3 Å². The summed E-state index contributed by atoms with van der Waals surface area (Å²) in [4.78, 5) is 13.9. The minimum Gasteiger partial charge on any atom is -0.332 e. The van der Waals surface area contributed by atoms with Gasteiger partial charge in [-0.2, -0.15) is 0 Å². The maximum atomic E-state index is 12.2. The Bertz CT molecular complexity index is 637. The molecule has 1 amide bonds. The molecule has 1 aliphatic rings. The molecule has 0 fully saturated rings. The van der Waals surface area contributed by atoms with Crippen LogP contribution in [0.25, 0.3) is 11.4 Å². The number of fused-ring (bicyclic) bond motifs is 1. The van der Waals surface area contributed by atoms with Crippen molar-refractivity contribution < 1.29 is 4.79 Å². The molecule has 1 aromatic heterocycles. The molecule has 110 valence electrons. The van der Waals surface area contributed by atoms with E-state index in [1.54, 1.807) is 4.90 Å². The summed E-state index contributed by atoms with van der Waals surface area (Å²) in [6.07, 6.45) is 0.650. The van der Waals surface area contributed by atoms with Gasteiger partial charge in [-0.25, -0.2) is 0 Å². The van der Waals surface area contributed by atoms with Crippen molar-refractivity contribution in [2.45, 2.75) is 32.5 Å². The second-order valence-corrected chi connectivity index (χ2v) is 5.23. The zero-order valence-electron chi connectivity index (χ0n) is 12.1. The minimum atomic E-state index is -0.423. The number of nitrogens with zero attached hydrogens (tertiary/aromatic N) is 4. The van der Waals surface area contributed by atoms with Gasteiger partial charge in [-0.05, 0) is 6.42 Å². The standard InChI is InChI=1S/C15H19N5O/c1-2-12(16)15(21)19-8-9-20-13(10-19)17-18-14(20)11-6-4-3-5-7-11/h3-7,12H,2,8-10,16H2,1H3/t12-/m1/s1. The Hall–Kier alpha value is -2.21. The fourth-order valence-corrected chi connectivity index (χ4v) is 2.56. The minimum absolute atomic E-state index is 0.00647. The van der Waals surface area contributed by atoms with Crippen molar-refractivity contribution in [1.82, 2.24) is 19.7 Å². The topological polar surface area (TPSA) is 77.0 Å². The van der Waals surface area contributed by atoms with Crippen molar-refractivity contribution in [1.29, 1.82) is 0 Å². The van der Waals surface area contributed by atoms with Crippen molar-refractivity contribution in [3.8, 4) is 11.4 Å². The van der Waals surface area contributed by atoms with Crippen LogP contribution in [0.15, 0.2) is 30.3 Å². The van der Waals surface area contributed by atoms with E-state index in [0.717, 1.165) is 17.2 Å². The third-order valence-electron chi connectivity index (χ3n) is 3.85. The highest BCUT2D eigenvalue weighted by molar-refractivity contribution is 5.81. The van der Waals surface area contributed by atoms with E-state index >= 15 is 0 Å². The van der Waals surface area contributed by atoms with Crippen LogP contribution in [0.4, 0.5) is 0 Å². The molecule has 3 rings (SSSR count). The van der Waals surface area contributed by atoms with Gasteiger partial charge in [0.1, 0.15) is 0 Å². The van der Waals surface area contributed by atoms with Crippen LogP contribution in [0.1, 0.15) is 19.2 Å². The van der Waals surface area contributed by atoms with Gasteiger partial charge in [0.2, 0.25) is 5.91 Å². The molecule has 0 aliphatic carbocycles. The molecule has 0 bridgehead atoms. The van der Waals surface area contributed by atoms with E-state index in [4.69, 9.17) is 5.73 Å². The van der Waals surface area contributed by atoms with Gasteiger partial charge in [-0.15, -0.1) is 10.2 Å². The lowest BCUT2D eigenvalue weighted by molar-refractivity contribution is -0.134. The molecular formula is C15H19N5O. The largest absolute Gasteiger partial charge is 0.332 e. The summed E-state index contributed by atoms with van der Waals surface area (Å²) in [6.45, 7) is 3.75. The summed E-state index contributed by atoms with van der Waals surface area (Å²) in [5.74, 6) is 1.67. The Morgan fingerprint density at radius 1 is 1.29 bits per heavy atom. The monoisotopic (exact) mass is 285 g/mol. The number of hydrogen-bond acceptors (Lipinski definition) is 4. The summed E-state index contributed by atoms with van der Waals surface area (Å²) in [5, 5.41) is 8.50. The average molecular weight is 285 g/mol. The summed E-state index contributed by atoms with van der Waals surface area (Å²) in [5.41, 5.74) is 6.87. The predicted molar refractivity (Wildman–Crippen MR) is 79.1 cm³/mol. The molecule has 0 unspecified atom stereocenters. The molecule has 6 nitrogen and oxygen atoms in total. The van der Waals surface area contributed by atoms with Gasteiger partial charge >= 0.3 is 0 Å². The number of amides is 1. The molecule has 0 radical (unpaired) electrons. The molecule has 1 aromatic carbocycles. The Morgan fingerprint density at radius 3 is 2.76 bits per heavy atom. The number of aromatic nitrogens is 3. The van der Waals surface area contributed by atoms with Crippen LogP contribution in [-0.2, 0) is 17.9 Å². The van der Waals surface area contributed by atoms with Crippen LogP contribution in [-0.4, -0.2) is 38.2 Å². The van der Waals surface area contributed by atoms with E-state index in [9.17, 15) is 4.79 Å². The molecule has 21 heavy (non-hydrogen) atoms. The van der Waals surface area contributed by atoms with Gasteiger partial charge in [-0.3, -0.25) is 4.79 Å². The lowest BCUT2D eigenvalue weighted by Gasteiger charge is -2.29. The first kappa shape index (κ1) is 13.8. The van der Waals surface area contributed by atoms with E-state index < -0.39 is 6.04 Å². The fourth-order valence-electron chi connectivity index (χ4n) is 2.56. The first-order chi connectivity index (χ1) is 10.2. The van der Waals surface area contributed by atoms with Gasteiger partial charge < -0.3 is 15.2 Å². The Morgan fingerprint density at radius 2 is 2.05 bits per heavy atom. The normalized spacial score (nSPS) is 15.6. The van der Waals surface area contributed by atoms with Gasteiger partial charge in [0.15, 0.2) is 11.6 Å². The summed E-state index contributed by atoms with van der Waals surface area (Å²) in [7, 11) is 0. The van der Waals surface area contributed by atoms with E-state index in [0.29, 0.717) is 26.1 Å². The first-order valence-corrected chi connectivity index (χ1v) is 7.22. The van der Waals surface area contributed by atoms with Gasteiger partial charge in [0.05, 0.1) is 12.6 Å². The van der Waals surface area contributed by atoms with E-state index in [2.05, 4.69) is 14.8 Å². The van der Waals surface area contributed by atoms with Crippen LogP contribution < -0.4 is 5.73 Å². The molecule has 0 saturated carbocycles.